The summed E-state index contributed by atoms with van der Waals surface area (Å²) in [5, 5.41) is 12.7. The van der Waals surface area contributed by atoms with Gasteiger partial charge in [0.15, 0.2) is 11.2 Å². The number of carbonyl (C=O) groups is 1. The van der Waals surface area contributed by atoms with Crippen LogP contribution >= 0.6 is 11.3 Å². The number of halogens is 1. The Bertz CT molecular complexity index is 1180. The van der Waals surface area contributed by atoms with Gasteiger partial charge in [-0.2, -0.15) is 5.26 Å². The van der Waals surface area contributed by atoms with E-state index in [4.69, 9.17) is 4.74 Å². The molecule has 1 aliphatic heterocycles. The van der Waals surface area contributed by atoms with Crippen molar-refractivity contribution >= 4 is 17.2 Å². The van der Waals surface area contributed by atoms with E-state index < -0.39 is 0 Å². The minimum absolute atomic E-state index is 0.231. The maximum atomic E-state index is 13.2. The highest BCUT2D eigenvalue weighted by Gasteiger charge is 2.54. The first-order chi connectivity index (χ1) is 15.1. The topological polar surface area (TPSA) is 91.1 Å². The Kier molecular flexibility index (Phi) is 4.79. The molecule has 7 nitrogen and oxygen atoms in total. The van der Waals surface area contributed by atoms with Gasteiger partial charge in [-0.15, -0.1) is 11.3 Å². The molecule has 1 N–H and O–H groups in total. The number of benzene rings is 1. The number of ether oxygens (including phenoxy) is 1. The Balaban J connectivity index is 1.35. The number of nitrogens with zero attached hydrogens (tertiary/aromatic N) is 4. The SMILES string of the molecule is N#CN1CC2CC[C@]2(NC(=O)c2ncc(-c3cnccc3Oc3ccc(F)cc3)s2)C1. The van der Waals surface area contributed by atoms with Crippen LogP contribution in [-0.2, 0) is 0 Å². The molecule has 2 fully saturated rings. The summed E-state index contributed by atoms with van der Waals surface area (Å²) < 4.78 is 19.1. The third kappa shape index (κ3) is 3.59. The highest BCUT2D eigenvalue weighted by molar-refractivity contribution is 7.17. The smallest absolute Gasteiger partial charge is 0.280 e. The maximum Gasteiger partial charge on any atom is 0.280 e. The van der Waals surface area contributed by atoms with E-state index in [2.05, 4.69) is 21.5 Å². The molecule has 9 heteroatoms. The zero-order chi connectivity index (χ0) is 21.4. The number of carbonyl (C=O) groups excluding carboxylic acids is 1. The monoisotopic (exact) mass is 435 g/mol. The van der Waals surface area contributed by atoms with Gasteiger partial charge in [0.25, 0.3) is 5.91 Å². The number of hydrogen-bond acceptors (Lipinski definition) is 7. The Hall–Kier alpha value is -3.51. The lowest BCUT2D eigenvalue weighted by Gasteiger charge is -2.44. The van der Waals surface area contributed by atoms with Gasteiger partial charge in [-0.25, -0.2) is 9.37 Å². The predicted molar refractivity (Wildman–Crippen MR) is 112 cm³/mol. The molecular weight excluding hydrogens is 417 g/mol. The summed E-state index contributed by atoms with van der Waals surface area (Å²) in [5.74, 6) is 0.772. The van der Waals surface area contributed by atoms with Crippen molar-refractivity contribution < 1.29 is 13.9 Å². The fourth-order valence-electron chi connectivity index (χ4n) is 4.19. The molecule has 1 aliphatic carbocycles. The van der Waals surface area contributed by atoms with E-state index in [1.165, 1.54) is 23.5 Å². The van der Waals surface area contributed by atoms with Crippen molar-refractivity contribution in [1.29, 1.82) is 5.26 Å². The number of fused-ring (bicyclic) bond motifs is 1. The molecule has 0 radical (unpaired) electrons. The lowest BCUT2D eigenvalue weighted by Crippen LogP contribution is -2.60. The van der Waals surface area contributed by atoms with Gasteiger partial charge in [-0.05, 0) is 43.2 Å². The van der Waals surface area contributed by atoms with E-state index in [1.807, 2.05) is 0 Å². The van der Waals surface area contributed by atoms with Crippen LogP contribution in [-0.4, -0.2) is 39.4 Å². The Morgan fingerprint density at radius 1 is 1.32 bits per heavy atom. The van der Waals surface area contributed by atoms with Crippen molar-refractivity contribution in [2.75, 3.05) is 13.1 Å². The molecule has 3 aromatic rings. The van der Waals surface area contributed by atoms with Gasteiger partial charge in [-0.1, -0.05) is 0 Å². The molecule has 2 atom stereocenters. The Morgan fingerprint density at radius 2 is 2.16 bits per heavy atom. The lowest BCUT2D eigenvalue weighted by molar-refractivity contribution is 0.0762. The highest BCUT2D eigenvalue weighted by atomic mass is 32.1. The van der Waals surface area contributed by atoms with Crippen molar-refractivity contribution in [3.05, 3.63) is 59.7 Å². The van der Waals surface area contributed by atoms with Gasteiger partial charge in [0.05, 0.1) is 22.5 Å². The third-order valence-corrected chi connectivity index (χ3v) is 6.96. The van der Waals surface area contributed by atoms with Crippen LogP contribution in [0.5, 0.6) is 11.5 Å². The molecule has 5 rings (SSSR count). The van der Waals surface area contributed by atoms with Crippen LogP contribution in [0.15, 0.2) is 48.9 Å². The summed E-state index contributed by atoms with van der Waals surface area (Å²) in [6.07, 6.45) is 8.95. The molecule has 1 saturated heterocycles. The molecule has 156 valence electrons. The molecule has 2 aliphatic rings. The van der Waals surface area contributed by atoms with Crippen LogP contribution in [0.25, 0.3) is 10.4 Å². The first-order valence-electron chi connectivity index (χ1n) is 9.87. The van der Waals surface area contributed by atoms with Gasteiger partial charge in [0, 0.05) is 31.1 Å². The first-order valence-corrected chi connectivity index (χ1v) is 10.7. The molecule has 3 heterocycles. The highest BCUT2D eigenvalue weighted by Crippen LogP contribution is 2.44. The Labute approximate surface area is 182 Å². The zero-order valence-corrected chi connectivity index (χ0v) is 17.2. The van der Waals surface area contributed by atoms with E-state index in [1.54, 1.807) is 41.7 Å². The molecule has 2 aromatic heterocycles. The number of nitrogens with one attached hydrogen (secondary N) is 1. The Morgan fingerprint density at radius 3 is 2.90 bits per heavy atom. The second-order valence-corrected chi connectivity index (χ2v) is 8.81. The van der Waals surface area contributed by atoms with E-state index in [0.717, 1.165) is 17.7 Å². The summed E-state index contributed by atoms with van der Waals surface area (Å²) >= 11 is 1.25. The normalized spacial score (nSPS) is 21.7. The molecule has 0 bridgehead atoms. The van der Waals surface area contributed by atoms with Crippen molar-refractivity contribution in [2.45, 2.75) is 18.4 Å². The number of nitriles is 1. The standard InChI is InChI=1S/C22H18FN5O2S/c23-15-1-3-16(4-2-15)30-18-6-8-25-9-17(18)19-10-26-21(31-19)20(29)27-22-7-5-14(22)11-28(12-22)13-24/h1-4,6,8-10,14H,5,7,11-12H2,(H,27,29)/t14?,22-/m0/s1. The molecule has 1 aromatic carbocycles. The zero-order valence-electron chi connectivity index (χ0n) is 16.4. The predicted octanol–water partition coefficient (Wildman–Crippen LogP) is 3.81. The van der Waals surface area contributed by atoms with Crippen molar-refractivity contribution in [2.24, 2.45) is 5.92 Å². The van der Waals surface area contributed by atoms with Gasteiger partial charge in [0.1, 0.15) is 17.3 Å². The van der Waals surface area contributed by atoms with Gasteiger partial charge < -0.3 is 15.0 Å². The van der Waals surface area contributed by atoms with E-state index in [0.29, 0.717) is 41.1 Å². The number of pyridine rings is 1. The number of aromatic nitrogens is 2. The number of amides is 1. The fraction of sp³-hybridized carbons (Fsp3) is 0.273. The number of hydrogen-bond donors (Lipinski definition) is 1. The molecule has 1 saturated carbocycles. The molecule has 1 amide bonds. The average Bonchev–Trinajstić information content (AvgIpc) is 3.35. The molecular formula is C22H18FN5O2S. The van der Waals surface area contributed by atoms with Gasteiger partial charge in [-0.3, -0.25) is 9.78 Å². The minimum Gasteiger partial charge on any atom is -0.457 e. The van der Waals surface area contributed by atoms with E-state index in [-0.39, 0.29) is 17.3 Å². The van der Waals surface area contributed by atoms with E-state index >= 15 is 0 Å². The van der Waals surface area contributed by atoms with Crippen LogP contribution in [0.4, 0.5) is 4.39 Å². The molecule has 31 heavy (non-hydrogen) atoms. The van der Waals surface area contributed by atoms with Gasteiger partial charge in [0.2, 0.25) is 0 Å². The lowest BCUT2D eigenvalue weighted by atomic mass is 9.69. The number of likely N-dealkylation sites (tertiary alicyclic amines) is 1. The van der Waals surface area contributed by atoms with Crippen LogP contribution in [0.2, 0.25) is 0 Å². The van der Waals surface area contributed by atoms with E-state index in [9.17, 15) is 14.4 Å². The second kappa shape index (κ2) is 7.63. The van der Waals surface area contributed by atoms with Crippen LogP contribution < -0.4 is 10.1 Å². The first kappa shape index (κ1) is 19.5. The van der Waals surface area contributed by atoms with Crippen molar-refractivity contribution in [3.8, 4) is 28.1 Å². The molecule has 0 spiro atoms. The maximum absolute atomic E-state index is 13.2. The second-order valence-electron chi connectivity index (χ2n) is 7.78. The number of rotatable bonds is 5. The minimum atomic E-state index is -0.339. The largest absolute Gasteiger partial charge is 0.457 e. The average molecular weight is 435 g/mol. The van der Waals surface area contributed by atoms with Gasteiger partial charge >= 0.3 is 0 Å². The van der Waals surface area contributed by atoms with Crippen molar-refractivity contribution in [1.82, 2.24) is 20.2 Å². The van der Waals surface area contributed by atoms with Crippen LogP contribution in [0, 0.1) is 23.2 Å². The van der Waals surface area contributed by atoms with Crippen molar-refractivity contribution in [3.63, 3.8) is 0 Å². The van der Waals surface area contributed by atoms with Crippen LogP contribution in [0.1, 0.15) is 22.6 Å². The quantitative estimate of drug-likeness (QED) is 0.613. The fourth-order valence-corrected chi connectivity index (χ4v) is 5.02. The summed E-state index contributed by atoms with van der Waals surface area (Å²) in [6.45, 7) is 1.25. The summed E-state index contributed by atoms with van der Waals surface area (Å²) in [4.78, 5) is 23.8. The summed E-state index contributed by atoms with van der Waals surface area (Å²) in [6, 6.07) is 7.46. The third-order valence-electron chi connectivity index (χ3n) is 5.93. The number of thiazole rings is 1. The summed E-state index contributed by atoms with van der Waals surface area (Å²) in [5.41, 5.74) is 0.364. The summed E-state index contributed by atoms with van der Waals surface area (Å²) in [7, 11) is 0. The van der Waals surface area contributed by atoms with Crippen LogP contribution in [0.3, 0.4) is 0 Å². The molecule has 1 unspecified atom stereocenters.